The van der Waals surface area contributed by atoms with Crippen molar-refractivity contribution >= 4 is 16.0 Å². The van der Waals surface area contributed by atoms with Gasteiger partial charge in [-0.15, -0.1) is 0 Å². The molecule has 1 heterocycles. The number of aromatic carboxylic acids is 1. The third-order valence-electron chi connectivity index (χ3n) is 3.63. The average molecular weight is 300 g/mol. The zero-order chi connectivity index (χ0) is 14.9. The SMILES string of the molecule is CCCC1CC1NS(=O)(=O)c1cc(C(=O)O)n(CC)c1. The molecule has 0 bridgehead atoms. The molecule has 0 amide bonds. The second-order valence-corrected chi connectivity index (χ2v) is 6.88. The summed E-state index contributed by atoms with van der Waals surface area (Å²) in [5.74, 6) is -0.703. The van der Waals surface area contributed by atoms with E-state index in [1.165, 1.54) is 16.8 Å². The van der Waals surface area contributed by atoms with Gasteiger partial charge in [-0.1, -0.05) is 13.3 Å². The molecular weight excluding hydrogens is 280 g/mol. The summed E-state index contributed by atoms with van der Waals surface area (Å²) in [6.07, 6.45) is 4.30. The second-order valence-electron chi connectivity index (χ2n) is 5.16. The molecule has 1 aliphatic rings. The van der Waals surface area contributed by atoms with Crippen LogP contribution in [0.5, 0.6) is 0 Å². The van der Waals surface area contributed by atoms with Crippen LogP contribution in [0.3, 0.4) is 0 Å². The molecule has 0 aliphatic heterocycles. The highest BCUT2D eigenvalue weighted by molar-refractivity contribution is 7.89. The normalized spacial score (nSPS) is 21.9. The Labute approximate surface area is 118 Å². The van der Waals surface area contributed by atoms with Gasteiger partial charge in [0.05, 0.1) is 0 Å². The number of carboxylic acids is 1. The van der Waals surface area contributed by atoms with E-state index in [0.29, 0.717) is 12.5 Å². The van der Waals surface area contributed by atoms with E-state index in [-0.39, 0.29) is 16.6 Å². The van der Waals surface area contributed by atoms with Crippen molar-refractivity contribution in [3.63, 3.8) is 0 Å². The van der Waals surface area contributed by atoms with E-state index in [1.807, 2.05) is 0 Å². The van der Waals surface area contributed by atoms with Crippen molar-refractivity contribution in [2.45, 2.75) is 50.6 Å². The number of carboxylic acid groups (broad SMARTS) is 1. The van der Waals surface area contributed by atoms with Crippen LogP contribution in [0.2, 0.25) is 0 Å². The van der Waals surface area contributed by atoms with Gasteiger partial charge in [0.15, 0.2) is 0 Å². The Morgan fingerprint density at radius 2 is 2.20 bits per heavy atom. The lowest BCUT2D eigenvalue weighted by molar-refractivity contribution is 0.0685. The van der Waals surface area contributed by atoms with Gasteiger partial charge in [0.25, 0.3) is 0 Å². The maximum Gasteiger partial charge on any atom is 0.352 e. The predicted molar refractivity (Wildman–Crippen MR) is 74.2 cm³/mol. The minimum Gasteiger partial charge on any atom is -0.477 e. The van der Waals surface area contributed by atoms with Crippen LogP contribution >= 0.6 is 0 Å². The number of aromatic nitrogens is 1. The van der Waals surface area contributed by atoms with E-state index in [0.717, 1.165) is 19.3 Å². The van der Waals surface area contributed by atoms with Gasteiger partial charge < -0.3 is 9.67 Å². The molecule has 0 aromatic carbocycles. The third kappa shape index (κ3) is 3.04. The molecule has 0 radical (unpaired) electrons. The molecule has 2 unspecified atom stereocenters. The summed E-state index contributed by atoms with van der Waals surface area (Å²) in [6.45, 7) is 4.26. The Hall–Kier alpha value is -1.34. The fraction of sp³-hybridized carbons (Fsp3) is 0.615. The first-order valence-corrected chi connectivity index (χ1v) is 8.33. The summed E-state index contributed by atoms with van der Waals surface area (Å²) in [6, 6.07) is 1.21. The van der Waals surface area contributed by atoms with Crippen LogP contribution < -0.4 is 4.72 Å². The molecule has 1 saturated carbocycles. The predicted octanol–water partition coefficient (Wildman–Crippen LogP) is 1.67. The lowest BCUT2D eigenvalue weighted by Gasteiger charge is -2.04. The van der Waals surface area contributed by atoms with E-state index in [1.54, 1.807) is 6.92 Å². The number of hydrogen-bond acceptors (Lipinski definition) is 3. The van der Waals surface area contributed by atoms with Gasteiger partial charge in [0, 0.05) is 18.8 Å². The smallest absolute Gasteiger partial charge is 0.352 e. The third-order valence-corrected chi connectivity index (χ3v) is 5.09. The maximum absolute atomic E-state index is 12.2. The van der Waals surface area contributed by atoms with Gasteiger partial charge in [0.1, 0.15) is 10.6 Å². The Morgan fingerprint density at radius 1 is 1.50 bits per heavy atom. The highest BCUT2D eigenvalue weighted by Gasteiger charge is 2.39. The summed E-state index contributed by atoms with van der Waals surface area (Å²) < 4.78 is 28.5. The number of nitrogens with one attached hydrogen (secondary N) is 1. The molecule has 0 saturated heterocycles. The summed E-state index contributed by atoms with van der Waals surface area (Å²) in [7, 11) is -3.63. The first-order valence-electron chi connectivity index (χ1n) is 6.84. The van der Waals surface area contributed by atoms with Gasteiger partial charge in [-0.05, 0) is 31.7 Å². The lowest BCUT2D eigenvalue weighted by atomic mass is 10.2. The first kappa shape index (κ1) is 15.1. The number of hydrogen-bond donors (Lipinski definition) is 2. The molecule has 2 rings (SSSR count). The van der Waals surface area contributed by atoms with Crippen molar-refractivity contribution in [3.8, 4) is 0 Å². The van der Waals surface area contributed by atoms with Crippen LogP contribution in [0, 0.1) is 5.92 Å². The molecular formula is C13H20N2O4S. The van der Waals surface area contributed by atoms with Gasteiger partial charge in [-0.2, -0.15) is 0 Å². The van der Waals surface area contributed by atoms with Crippen LogP contribution in [-0.2, 0) is 16.6 Å². The molecule has 112 valence electrons. The highest BCUT2D eigenvalue weighted by Crippen LogP contribution is 2.35. The van der Waals surface area contributed by atoms with Crippen molar-refractivity contribution in [3.05, 3.63) is 18.0 Å². The summed E-state index contributed by atoms with van der Waals surface area (Å²) in [5, 5.41) is 9.05. The molecule has 1 fully saturated rings. The number of nitrogens with zero attached hydrogens (tertiary/aromatic N) is 1. The highest BCUT2D eigenvalue weighted by atomic mass is 32.2. The van der Waals surface area contributed by atoms with Crippen LogP contribution in [0.15, 0.2) is 17.2 Å². The number of carbonyl (C=O) groups is 1. The molecule has 20 heavy (non-hydrogen) atoms. The Bertz CT molecular complexity index is 606. The van der Waals surface area contributed by atoms with Gasteiger partial charge in [-0.3, -0.25) is 0 Å². The van der Waals surface area contributed by atoms with Crippen molar-refractivity contribution in [1.82, 2.24) is 9.29 Å². The lowest BCUT2D eigenvalue weighted by Crippen LogP contribution is -2.26. The van der Waals surface area contributed by atoms with Crippen LogP contribution in [-0.4, -0.2) is 30.1 Å². The van der Waals surface area contributed by atoms with Gasteiger partial charge in [-0.25, -0.2) is 17.9 Å². The van der Waals surface area contributed by atoms with Crippen molar-refractivity contribution in [1.29, 1.82) is 0 Å². The minimum atomic E-state index is -3.63. The molecule has 1 aliphatic carbocycles. The zero-order valence-electron chi connectivity index (χ0n) is 11.7. The van der Waals surface area contributed by atoms with E-state index in [9.17, 15) is 13.2 Å². The van der Waals surface area contributed by atoms with E-state index in [4.69, 9.17) is 5.11 Å². The number of rotatable bonds is 7. The quantitative estimate of drug-likeness (QED) is 0.801. The molecule has 2 N–H and O–H groups in total. The monoisotopic (exact) mass is 300 g/mol. The van der Waals surface area contributed by atoms with Crippen molar-refractivity contribution in [2.24, 2.45) is 5.92 Å². The molecule has 2 atom stereocenters. The molecule has 1 aromatic heterocycles. The summed E-state index contributed by atoms with van der Waals surface area (Å²) in [4.78, 5) is 11.1. The fourth-order valence-electron chi connectivity index (χ4n) is 2.42. The van der Waals surface area contributed by atoms with E-state index < -0.39 is 16.0 Å². The standard InChI is InChI=1S/C13H20N2O4S/c1-3-5-9-6-11(9)14-20(18,19)10-7-12(13(16)17)15(4-2)8-10/h7-9,11,14H,3-6H2,1-2H3,(H,16,17). The summed E-state index contributed by atoms with van der Waals surface area (Å²) >= 11 is 0. The molecule has 1 aromatic rings. The average Bonchev–Trinajstić information content (AvgIpc) is 2.94. The van der Waals surface area contributed by atoms with Crippen molar-refractivity contribution in [2.75, 3.05) is 0 Å². The molecule has 6 nitrogen and oxygen atoms in total. The molecule has 0 spiro atoms. The number of sulfonamides is 1. The molecule has 7 heteroatoms. The topological polar surface area (TPSA) is 88.4 Å². The van der Waals surface area contributed by atoms with Gasteiger partial charge in [0.2, 0.25) is 10.0 Å². The number of aryl methyl sites for hydroxylation is 1. The fourth-order valence-corrected chi connectivity index (χ4v) is 3.78. The van der Waals surface area contributed by atoms with Gasteiger partial charge >= 0.3 is 5.97 Å². The van der Waals surface area contributed by atoms with Crippen LogP contribution in [0.4, 0.5) is 0 Å². The zero-order valence-corrected chi connectivity index (χ0v) is 12.5. The minimum absolute atomic E-state index is 0.00166. The van der Waals surface area contributed by atoms with Crippen LogP contribution in [0.25, 0.3) is 0 Å². The van der Waals surface area contributed by atoms with Crippen LogP contribution in [0.1, 0.15) is 43.6 Å². The second kappa shape index (κ2) is 5.57. The maximum atomic E-state index is 12.2. The summed E-state index contributed by atoms with van der Waals surface area (Å²) in [5.41, 5.74) is -0.00576. The Balaban J connectivity index is 2.16. The largest absolute Gasteiger partial charge is 0.477 e. The Morgan fingerprint density at radius 3 is 2.70 bits per heavy atom. The first-order chi connectivity index (χ1) is 9.39. The van der Waals surface area contributed by atoms with E-state index in [2.05, 4.69) is 11.6 Å². The van der Waals surface area contributed by atoms with Crippen molar-refractivity contribution < 1.29 is 18.3 Å². The van der Waals surface area contributed by atoms with E-state index >= 15 is 0 Å². The Kier molecular flexibility index (Phi) is 4.19.